The minimum Gasteiger partial charge on any atom is -0.309 e. The zero-order valence-corrected chi connectivity index (χ0v) is 22.1. The Kier molecular flexibility index (Phi) is 7.51. The van der Waals surface area contributed by atoms with Crippen LogP contribution in [0.25, 0.3) is 38.6 Å². The smallest absolute Gasteiger partial charge is 0.0619 e. The fourth-order valence-corrected chi connectivity index (χ4v) is 5.32. The molecule has 1 aromatic heterocycles. The number of hydrogen-bond donors (Lipinski definition) is 0. The van der Waals surface area contributed by atoms with E-state index in [4.69, 9.17) is 0 Å². The van der Waals surface area contributed by atoms with Crippen molar-refractivity contribution in [1.82, 2.24) is 4.57 Å². The molecule has 1 unspecified atom stereocenters. The van der Waals surface area contributed by atoms with Gasteiger partial charge in [-0.3, -0.25) is 0 Å². The highest BCUT2D eigenvalue weighted by atomic mass is 15.0. The fraction of sp³-hybridized carbons (Fsp3) is 0.167. The molecule has 0 aliphatic heterocycles. The molecule has 1 heteroatoms. The topological polar surface area (TPSA) is 4.93 Å². The van der Waals surface area contributed by atoms with Gasteiger partial charge < -0.3 is 4.57 Å². The summed E-state index contributed by atoms with van der Waals surface area (Å²) in [6.45, 7) is 6.72. The fourth-order valence-electron chi connectivity index (χ4n) is 5.32. The number of aryl methyl sites for hydroxylation is 1. The first-order valence-electron chi connectivity index (χ1n) is 13.4. The normalized spacial score (nSPS) is 13.1. The minimum atomic E-state index is 0.469. The first kappa shape index (κ1) is 24.6. The first-order valence-corrected chi connectivity index (χ1v) is 13.4. The molecule has 0 N–H and O–H groups in total. The quantitative estimate of drug-likeness (QED) is 0.194. The highest BCUT2D eigenvalue weighted by molar-refractivity contribution is 6.13. The number of benzene rings is 4. The molecular formula is C36H35N. The maximum Gasteiger partial charge on any atom is 0.0619 e. The second-order valence-corrected chi connectivity index (χ2v) is 9.75. The number of hydrogen-bond acceptors (Lipinski definition) is 0. The maximum atomic E-state index is 2.42. The van der Waals surface area contributed by atoms with E-state index in [0.29, 0.717) is 5.92 Å². The second kappa shape index (κ2) is 11.3. The molecule has 0 aliphatic rings. The Labute approximate surface area is 221 Å². The van der Waals surface area contributed by atoms with Gasteiger partial charge in [0, 0.05) is 22.0 Å². The van der Waals surface area contributed by atoms with Crippen LogP contribution in [-0.2, 0) is 0 Å². The third kappa shape index (κ3) is 5.08. The van der Waals surface area contributed by atoms with E-state index in [2.05, 4.69) is 153 Å². The maximum absolute atomic E-state index is 2.42. The summed E-state index contributed by atoms with van der Waals surface area (Å²) in [7, 11) is 0. The van der Waals surface area contributed by atoms with Gasteiger partial charge in [0.05, 0.1) is 11.0 Å². The molecular weight excluding hydrogens is 446 g/mol. The van der Waals surface area contributed by atoms with Crippen molar-refractivity contribution in [1.29, 1.82) is 0 Å². The lowest BCUT2D eigenvalue weighted by molar-refractivity contribution is 0.774. The molecule has 0 saturated carbocycles. The molecule has 0 fully saturated rings. The van der Waals surface area contributed by atoms with Crippen molar-refractivity contribution in [2.45, 2.75) is 39.5 Å². The summed E-state index contributed by atoms with van der Waals surface area (Å²) in [5, 5.41) is 2.58. The van der Waals surface area contributed by atoms with Crippen LogP contribution in [0.4, 0.5) is 0 Å². The first-order chi connectivity index (χ1) is 18.2. The van der Waals surface area contributed by atoms with Gasteiger partial charge in [-0.2, -0.15) is 0 Å². The van der Waals surface area contributed by atoms with Crippen molar-refractivity contribution in [2.24, 2.45) is 0 Å². The Hall–Kier alpha value is -4.10. The van der Waals surface area contributed by atoms with Gasteiger partial charge in [0.25, 0.3) is 0 Å². The SMILES string of the molecule is CCC=CC=CC=CCC(C)c1ccc(-c2cccc3c4ccccc4n(-c4ccccc4)c23)cc1C. The molecule has 1 nitrogen and oxygen atoms in total. The van der Waals surface area contributed by atoms with E-state index < -0.39 is 0 Å². The van der Waals surface area contributed by atoms with Gasteiger partial charge in [0.15, 0.2) is 0 Å². The molecule has 0 aliphatic carbocycles. The van der Waals surface area contributed by atoms with Gasteiger partial charge >= 0.3 is 0 Å². The van der Waals surface area contributed by atoms with Crippen LogP contribution < -0.4 is 0 Å². The number of aromatic nitrogens is 1. The average Bonchev–Trinajstić information content (AvgIpc) is 3.27. The van der Waals surface area contributed by atoms with Crippen molar-refractivity contribution in [3.8, 4) is 16.8 Å². The lowest BCUT2D eigenvalue weighted by atomic mass is 9.90. The molecule has 0 bridgehead atoms. The van der Waals surface area contributed by atoms with E-state index in [-0.39, 0.29) is 0 Å². The van der Waals surface area contributed by atoms with Crippen LogP contribution in [0, 0.1) is 6.92 Å². The zero-order valence-electron chi connectivity index (χ0n) is 22.1. The number of fused-ring (bicyclic) bond motifs is 3. The van der Waals surface area contributed by atoms with Crippen LogP contribution in [-0.4, -0.2) is 4.57 Å². The van der Waals surface area contributed by atoms with E-state index in [1.807, 2.05) is 0 Å². The molecule has 0 radical (unpaired) electrons. The molecule has 5 aromatic rings. The third-order valence-electron chi connectivity index (χ3n) is 7.15. The molecule has 0 saturated heterocycles. The summed E-state index contributed by atoms with van der Waals surface area (Å²) < 4.78 is 2.42. The van der Waals surface area contributed by atoms with E-state index in [1.54, 1.807) is 0 Å². The zero-order chi connectivity index (χ0) is 25.6. The predicted molar refractivity (Wildman–Crippen MR) is 162 cm³/mol. The summed E-state index contributed by atoms with van der Waals surface area (Å²) in [4.78, 5) is 0. The summed E-state index contributed by atoms with van der Waals surface area (Å²) >= 11 is 0. The Morgan fingerprint density at radius 1 is 0.730 bits per heavy atom. The number of para-hydroxylation sites is 3. The summed E-state index contributed by atoms with van der Waals surface area (Å²) in [6.07, 6.45) is 15.0. The molecule has 1 heterocycles. The number of allylic oxidation sites excluding steroid dienone is 6. The van der Waals surface area contributed by atoms with Crippen molar-refractivity contribution >= 4 is 21.8 Å². The summed E-state index contributed by atoms with van der Waals surface area (Å²) in [5.74, 6) is 0.469. The highest BCUT2D eigenvalue weighted by Gasteiger charge is 2.17. The number of rotatable bonds is 8. The standard InChI is InChI=1S/C36H35N/c1-4-5-6-7-8-9-11-17-27(2)31-25-24-29(26-28(31)3)32-21-16-22-34-33-20-14-15-23-35(33)37(36(32)34)30-18-12-10-13-19-30/h5-16,18-27H,4,17H2,1-3H3. The molecule has 0 amide bonds. The van der Waals surface area contributed by atoms with Crippen molar-refractivity contribution in [3.63, 3.8) is 0 Å². The predicted octanol–water partition coefficient (Wildman–Crippen LogP) is 10.3. The largest absolute Gasteiger partial charge is 0.309 e. The van der Waals surface area contributed by atoms with Gasteiger partial charge in [0.1, 0.15) is 0 Å². The van der Waals surface area contributed by atoms with Gasteiger partial charge in [-0.05, 0) is 60.6 Å². The van der Waals surface area contributed by atoms with Gasteiger partial charge in [-0.1, -0.05) is 123 Å². The summed E-state index contributed by atoms with van der Waals surface area (Å²) in [6, 6.07) is 33.1. The number of nitrogens with zero attached hydrogens (tertiary/aromatic N) is 1. The van der Waals surface area contributed by atoms with Crippen LogP contribution in [0.5, 0.6) is 0 Å². The highest BCUT2D eigenvalue weighted by Crippen LogP contribution is 2.38. The van der Waals surface area contributed by atoms with E-state index >= 15 is 0 Å². The van der Waals surface area contributed by atoms with Crippen molar-refractivity contribution in [3.05, 3.63) is 139 Å². The molecule has 4 aromatic carbocycles. The molecule has 37 heavy (non-hydrogen) atoms. The second-order valence-electron chi connectivity index (χ2n) is 9.75. The van der Waals surface area contributed by atoms with Crippen LogP contribution in [0.2, 0.25) is 0 Å². The molecule has 5 rings (SSSR count). The summed E-state index contributed by atoms with van der Waals surface area (Å²) in [5.41, 5.74) is 8.99. The monoisotopic (exact) mass is 481 g/mol. The third-order valence-corrected chi connectivity index (χ3v) is 7.15. The van der Waals surface area contributed by atoms with E-state index in [0.717, 1.165) is 12.8 Å². The van der Waals surface area contributed by atoms with Gasteiger partial charge in [-0.25, -0.2) is 0 Å². The van der Waals surface area contributed by atoms with Crippen molar-refractivity contribution < 1.29 is 0 Å². The van der Waals surface area contributed by atoms with Gasteiger partial charge in [0.2, 0.25) is 0 Å². The van der Waals surface area contributed by atoms with Crippen LogP contribution in [0.3, 0.4) is 0 Å². The van der Waals surface area contributed by atoms with Crippen LogP contribution >= 0.6 is 0 Å². The molecule has 184 valence electrons. The van der Waals surface area contributed by atoms with E-state index in [9.17, 15) is 0 Å². The molecule has 1 atom stereocenters. The Bertz CT molecular complexity index is 1590. The minimum absolute atomic E-state index is 0.469. The van der Waals surface area contributed by atoms with Gasteiger partial charge in [-0.15, -0.1) is 0 Å². The molecule has 0 spiro atoms. The Morgan fingerprint density at radius 2 is 1.46 bits per heavy atom. The lowest BCUT2D eigenvalue weighted by Gasteiger charge is -2.16. The Balaban J connectivity index is 1.53. The lowest BCUT2D eigenvalue weighted by Crippen LogP contribution is -1.97. The van der Waals surface area contributed by atoms with E-state index in [1.165, 1.54) is 49.7 Å². The average molecular weight is 482 g/mol. The van der Waals surface area contributed by atoms with Crippen LogP contribution in [0.15, 0.2) is 127 Å². The van der Waals surface area contributed by atoms with Crippen LogP contribution in [0.1, 0.15) is 43.7 Å². The van der Waals surface area contributed by atoms with Crippen molar-refractivity contribution in [2.75, 3.05) is 0 Å². The Morgan fingerprint density at radius 3 is 2.24 bits per heavy atom.